The quantitative estimate of drug-likeness (QED) is 0.867. The summed E-state index contributed by atoms with van der Waals surface area (Å²) in [6.07, 6.45) is 4.90. The van der Waals surface area contributed by atoms with Crippen LogP contribution in [0.25, 0.3) is 11.1 Å². The molecule has 2 heterocycles. The predicted octanol–water partition coefficient (Wildman–Crippen LogP) is 4.71. The molecule has 2 aromatic rings. The van der Waals surface area contributed by atoms with E-state index in [1.807, 2.05) is 30.0 Å². The zero-order valence-corrected chi connectivity index (χ0v) is 14.1. The van der Waals surface area contributed by atoms with E-state index in [1.54, 1.807) is 6.20 Å². The summed E-state index contributed by atoms with van der Waals surface area (Å²) < 4.78 is 13.4. The monoisotopic (exact) mass is 329 g/mol. The summed E-state index contributed by atoms with van der Waals surface area (Å²) in [5.41, 5.74) is 3.29. The first-order valence-electron chi connectivity index (χ1n) is 8.30. The molecule has 0 radical (unpaired) electrons. The average Bonchev–Trinajstić information content (AvgIpc) is 2.57. The molecule has 1 saturated heterocycles. The van der Waals surface area contributed by atoms with Gasteiger partial charge in [0.1, 0.15) is 5.82 Å². The Balaban J connectivity index is 0.00000225. The number of amides is 2. The fourth-order valence-corrected chi connectivity index (χ4v) is 2.98. The first-order valence-corrected chi connectivity index (χ1v) is 8.30. The highest BCUT2D eigenvalue weighted by atomic mass is 19.1. The molecule has 2 amide bonds. The van der Waals surface area contributed by atoms with Gasteiger partial charge in [-0.15, -0.1) is 0 Å². The molecule has 1 N–H and O–H groups in total. The second-order valence-corrected chi connectivity index (χ2v) is 6.52. The lowest BCUT2D eigenvalue weighted by molar-refractivity contribution is 0.186. The topological polar surface area (TPSA) is 45.2 Å². The zero-order valence-electron chi connectivity index (χ0n) is 14.1. The van der Waals surface area contributed by atoms with Gasteiger partial charge in [0.15, 0.2) is 0 Å². The van der Waals surface area contributed by atoms with E-state index in [9.17, 15) is 9.18 Å². The van der Waals surface area contributed by atoms with E-state index in [4.69, 9.17) is 0 Å². The smallest absolute Gasteiger partial charge is 0.321 e. The van der Waals surface area contributed by atoms with E-state index >= 15 is 0 Å². The summed E-state index contributed by atoms with van der Waals surface area (Å²) in [4.78, 5) is 18.2. The molecule has 0 bridgehead atoms. The number of hydrogen-bond acceptors (Lipinski definition) is 2. The van der Waals surface area contributed by atoms with Crippen molar-refractivity contribution in [1.29, 1.82) is 0 Å². The maximum absolute atomic E-state index is 13.4. The van der Waals surface area contributed by atoms with Crippen molar-refractivity contribution in [3.8, 4) is 11.1 Å². The summed E-state index contributed by atoms with van der Waals surface area (Å²) in [7, 11) is 0. The highest BCUT2D eigenvalue weighted by Gasteiger charge is 2.20. The number of nitrogens with zero attached hydrogens (tertiary/aromatic N) is 2. The van der Waals surface area contributed by atoms with E-state index in [1.165, 1.54) is 12.3 Å². The third-order valence-electron chi connectivity index (χ3n) is 4.58. The minimum absolute atomic E-state index is 0. The third kappa shape index (κ3) is 3.72. The first kappa shape index (κ1) is 16.4. The van der Waals surface area contributed by atoms with Crippen molar-refractivity contribution in [2.24, 2.45) is 5.92 Å². The molecule has 128 valence electrons. The summed E-state index contributed by atoms with van der Waals surface area (Å²) in [6, 6.07) is 7.04. The molecule has 0 spiro atoms. The second-order valence-electron chi connectivity index (χ2n) is 6.52. The molecule has 0 saturated carbocycles. The Kier molecular flexibility index (Phi) is 4.79. The van der Waals surface area contributed by atoms with Crippen LogP contribution in [0.1, 0.15) is 26.8 Å². The Bertz CT molecular complexity index is 745. The van der Waals surface area contributed by atoms with Gasteiger partial charge in [0.2, 0.25) is 0 Å². The third-order valence-corrected chi connectivity index (χ3v) is 4.58. The number of halogens is 1. The van der Waals surface area contributed by atoms with Crippen LogP contribution in [-0.4, -0.2) is 29.0 Å². The van der Waals surface area contributed by atoms with Gasteiger partial charge in [0.05, 0.1) is 6.20 Å². The van der Waals surface area contributed by atoms with Crippen molar-refractivity contribution in [3.63, 3.8) is 0 Å². The lowest BCUT2D eigenvalue weighted by Gasteiger charge is -2.30. The van der Waals surface area contributed by atoms with Crippen molar-refractivity contribution in [3.05, 3.63) is 48.0 Å². The molecule has 4 nitrogen and oxygen atoms in total. The van der Waals surface area contributed by atoms with Crippen LogP contribution in [0.2, 0.25) is 0 Å². The maximum atomic E-state index is 13.4. The van der Waals surface area contributed by atoms with Crippen LogP contribution < -0.4 is 5.32 Å². The number of benzene rings is 1. The molecule has 3 rings (SSSR count). The number of pyridine rings is 1. The minimum Gasteiger partial charge on any atom is -0.325 e. The Morgan fingerprint density at radius 2 is 2.04 bits per heavy atom. The van der Waals surface area contributed by atoms with E-state index in [2.05, 4.69) is 17.2 Å². The first-order chi connectivity index (χ1) is 11.5. The molecule has 0 atom stereocenters. The van der Waals surface area contributed by atoms with Gasteiger partial charge >= 0.3 is 6.03 Å². The zero-order chi connectivity index (χ0) is 17.1. The van der Waals surface area contributed by atoms with Crippen LogP contribution >= 0.6 is 0 Å². The fraction of sp³-hybridized carbons (Fsp3) is 0.368. The normalized spacial score (nSPS) is 15.4. The minimum atomic E-state index is -0.372. The van der Waals surface area contributed by atoms with Gasteiger partial charge in [0, 0.05) is 32.0 Å². The number of piperidine rings is 1. The predicted molar refractivity (Wildman–Crippen MR) is 95.5 cm³/mol. The summed E-state index contributed by atoms with van der Waals surface area (Å²) in [5.74, 6) is 0.310. The lowest BCUT2D eigenvalue weighted by atomic mass is 9.99. The summed E-state index contributed by atoms with van der Waals surface area (Å²) in [6.45, 7) is 5.76. The van der Waals surface area contributed by atoms with Gasteiger partial charge < -0.3 is 10.2 Å². The van der Waals surface area contributed by atoms with Crippen LogP contribution in [-0.2, 0) is 0 Å². The van der Waals surface area contributed by atoms with Crippen LogP contribution in [0.4, 0.5) is 14.9 Å². The number of carbonyl (C=O) groups is 1. The summed E-state index contributed by atoms with van der Waals surface area (Å²) >= 11 is 0. The van der Waals surface area contributed by atoms with E-state index in [0.29, 0.717) is 17.2 Å². The van der Waals surface area contributed by atoms with Crippen LogP contribution in [0.5, 0.6) is 0 Å². The number of likely N-dealkylation sites (tertiary alicyclic amines) is 1. The van der Waals surface area contributed by atoms with Gasteiger partial charge in [-0.2, -0.15) is 0 Å². The molecule has 1 aliphatic heterocycles. The number of hydrogen-bond donors (Lipinski definition) is 1. The second kappa shape index (κ2) is 6.99. The maximum Gasteiger partial charge on any atom is 0.321 e. The van der Waals surface area contributed by atoms with Crippen molar-refractivity contribution in [2.45, 2.75) is 26.7 Å². The number of anilines is 1. The molecule has 24 heavy (non-hydrogen) atoms. The molecule has 1 aromatic heterocycles. The van der Waals surface area contributed by atoms with E-state index in [-0.39, 0.29) is 13.3 Å². The van der Waals surface area contributed by atoms with Crippen molar-refractivity contribution < 1.29 is 10.6 Å². The van der Waals surface area contributed by atoms with Crippen molar-refractivity contribution in [1.82, 2.24) is 9.88 Å². The summed E-state index contributed by atoms with van der Waals surface area (Å²) in [5, 5.41) is 2.95. The van der Waals surface area contributed by atoms with E-state index in [0.717, 1.165) is 37.1 Å². The molecule has 1 fully saturated rings. The molecule has 5 heteroatoms. The Morgan fingerprint density at radius 1 is 1.29 bits per heavy atom. The number of carbonyl (C=O) groups excluding carboxylic acids is 1. The van der Waals surface area contributed by atoms with Crippen LogP contribution in [0.3, 0.4) is 0 Å². The highest BCUT2D eigenvalue weighted by molar-refractivity contribution is 5.90. The van der Waals surface area contributed by atoms with E-state index < -0.39 is 0 Å². The van der Waals surface area contributed by atoms with Gasteiger partial charge in [0.25, 0.3) is 0 Å². The Labute approximate surface area is 143 Å². The van der Waals surface area contributed by atoms with Crippen molar-refractivity contribution >= 4 is 11.7 Å². The van der Waals surface area contributed by atoms with Gasteiger partial charge in [-0.1, -0.05) is 13.0 Å². The molecule has 1 aromatic carbocycles. The Morgan fingerprint density at radius 3 is 2.75 bits per heavy atom. The standard InChI is InChI=1S/C19H22FN3O.H2/c1-13-5-7-23(8-6-13)19(24)22-17-4-3-14(2)18(10-17)15-9-16(20)12-21-11-15;/h3-4,9-13H,5-8H2,1-2H3,(H,22,24);1H. The molecule has 0 unspecified atom stereocenters. The molecular formula is C19H24FN3O. The number of nitrogens with one attached hydrogen (secondary N) is 1. The molecule has 1 aliphatic rings. The van der Waals surface area contributed by atoms with Crippen LogP contribution in [0.15, 0.2) is 36.7 Å². The number of rotatable bonds is 2. The highest BCUT2D eigenvalue weighted by Crippen LogP contribution is 2.27. The largest absolute Gasteiger partial charge is 0.325 e. The van der Waals surface area contributed by atoms with Gasteiger partial charge in [-0.25, -0.2) is 9.18 Å². The Hall–Kier alpha value is -2.43. The molecule has 0 aliphatic carbocycles. The van der Waals surface area contributed by atoms with Gasteiger partial charge in [-0.3, -0.25) is 4.98 Å². The fourth-order valence-electron chi connectivity index (χ4n) is 2.98. The average molecular weight is 329 g/mol. The number of aryl methyl sites for hydroxylation is 1. The van der Waals surface area contributed by atoms with Gasteiger partial charge in [-0.05, 0) is 55.0 Å². The SMILES string of the molecule is Cc1ccc(NC(=O)N2CCC(C)CC2)cc1-c1cncc(F)c1.[HH]. The van der Waals surface area contributed by atoms with Crippen molar-refractivity contribution in [2.75, 3.05) is 18.4 Å². The lowest BCUT2D eigenvalue weighted by Crippen LogP contribution is -2.40. The van der Waals surface area contributed by atoms with Crippen LogP contribution in [0, 0.1) is 18.7 Å². The number of urea groups is 1. The molecular weight excluding hydrogens is 305 g/mol. The number of aromatic nitrogens is 1.